The Morgan fingerprint density at radius 3 is 2.24 bits per heavy atom. The van der Waals surface area contributed by atoms with E-state index in [0.29, 0.717) is 0 Å². The summed E-state index contributed by atoms with van der Waals surface area (Å²) < 4.78 is 4.66. The van der Waals surface area contributed by atoms with Gasteiger partial charge in [-0.15, -0.1) is 0 Å². The summed E-state index contributed by atoms with van der Waals surface area (Å²) in [5, 5.41) is 6.24. The number of nitrogens with one attached hydrogen (secondary N) is 1. The van der Waals surface area contributed by atoms with E-state index in [1.165, 1.54) is 32.9 Å². The van der Waals surface area contributed by atoms with Crippen LogP contribution in [0.2, 0.25) is 0 Å². The summed E-state index contributed by atoms with van der Waals surface area (Å²) in [6.45, 7) is 4.68. The van der Waals surface area contributed by atoms with E-state index in [-0.39, 0.29) is 0 Å². The van der Waals surface area contributed by atoms with Gasteiger partial charge in [0, 0.05) is 34.9 Å². The topological polar surface area (TPSA) is 34.8 Å². The highest BCUT2D eigenvalue weighted by molar-refractivity contribution is 6.08. The predicted octanol–water partition coefficient (Wildman–Crippen LogP) is 6.82. The molecule has 4 heteroatoms. The number of para-hydroxylation sites is 3. The molecule has 0 fully saturated rings. The first-order chi connectivity index (χ1) is 16.3. The van der Waals surface area contributed by atoms with E-state index < -0.39 is 0 Å². The maximum atomic E-state index is 4.90. The second-order valence-corrected chi connectivity index (χ2v) is 8.46. The zero-order valence-corrected chi connectivity index (χ0v) is 18.7. The molecule has 0 saturated heterocycles. The molecule has 4 aromatic carbocycles. The number of hydrogen-bond donors (Lipinski definition) is 1. The summed E-state index contributed by atoms with van der Waals surface area (Å²) in [4.78, 5) is 4.90. The molecule has 1 N–H and O–H groups in total. The average Bonchev–Trinajstić information content (AvgIpc) is 3.38. The maximum absolute atomic E-state index is 4.90. The van der Waals surface area contributed by atoms with Crippen molar-refractivity contribution in [1.82, 2.24) is 14.1 Å². The Morgan fingerprint density at radius 1 is 0.667 bits per heavy atom. The van der Waals surface area contributed by atoms with Crippen LogP contribution in [0, 0.1) is 0 Å². The van der Waals surface area contributed by atoms with Crippen LogP contribution in [0.25, 0.3) is 32.8 Å². The Hall–Kier alpha value is -4.05. The molecule has 6 rings (SSSR count). The van der Waals surface area contributed by atoms with Crippen molar-refractivity contribution in [3.05, 3.63) is 108 Å². The molecule has 4 nitrogen and oxygen atoms in total. The molecule has 162 valence electrons. The minimum atomic E-state index is 0.722. The van der Waals surface area contributed by atoms with Gasteiger partial charge in [0.25, 0.3) is 0 Å². The largest absolute Gasteiger partial charge is 0.352 e. The molecule has 33 heavy (non-hydrogen) atoms. The van der Waals surface area contributed by atoms with Gasteiger partial charge >= 0.3 is 0 Å². The summed E-state index contributed by atoms with van der Waals surface area (Å²) >= 11 is 0. The third-order valence-corrected chi connectivity index (χ3v) is 6.44. The molecule has 0 aliphatic heterocycles. The number of fused-ring (bicyclic) bond motifs is 4. The van der Waals surface area contributed by atoms with Crippen LogP contribution in [-0.4, -0.2) is 14.1 Å². The van der Waals surface area contributed by atoms with Gasteiger partial charge in [0.15, 0.2) is 0 Å². The van der Waals surface area contributed by atoms with Gasteiger partial charge in [-0.1, -0.05) is 66.7 Å². The maximum Gasteiger partial charge on any atom is 0.204 e. The van der Waals surface area contributed by atoms with E-state index in [4.69, 9.17) is 4.98 Å². The molecule has 0 radical (unpaired) electrons. The van der Waals surface area contributed by atoms with E-state index in [1.54, 1.807) is 0 Å². The fourth-order valence-corrected chi connectivity index (χ4v) is 4.87. The number of aromatic nitrogens is 3. The van der Waals surface area contributed by atoms with Gasteiger partial charge in [-0.05, 0) is 48.4 Å². The molecule has 0 saturated carbocycles. The molecule has 0 unspecified atom stereocenters. The lowest BCUT2D eigenvalue weighted by molar-refractivity contribution is 0.822. The minimum Gasteiger partial charge on any atom is -0.352 e. The monoisotopic (exact) mass is 430 g/mol. The number of hydrogen-bond acceptors (Lipinski definition) is 2. The van der Waals surface area contributed by atoms with Crippen molar-refractivity contribution in [1.29, 1.82) is 0 Å². The van der Waals surface area contributed by atoms with Crippen molar-refractivity contribution in [2.24, 2.45) is 0 Å². The smallest absolute Gasteiger partial charge is 0.204 e. The number of rotatable bonds is 6. The van der Waals surface area contributed by atoms with Crippen molar-refractivity contribution in [3.8, 4) is 0 Å². The lowest BCUT2D eigenvalue weighted by Crippen LogP contribution is -2.08. The van der Waals surface area contributed by atoms with Crippen molar-refractivity contribution >= 4 is 38.8 Å². The Labute approximate surface area is 193 Å². The van der Waals surface area contributed by atoms with Gasteiger partial charge in [0.05, 0.1) is 17.6 Å². The van der Waals surface area contributed by atoms with Crippen LogP contribution in [0.1, 0.15) is 18.1 Å². The molecule has 0 amide bonds. The number of anilines is 1. The van der Waals surface area contributed by atoms with Crippen molar-refractivity contribution in [2.45, 2.75) is 26.6 Å². The second kappa shape index (κ2) is 8.14. The highest BCUT2D eigenvalue weighted by Crippen LogP contribution is 2.30. The third kappa shape index (κ3) is 3.44. The van der Waals surface area contributed by atoms with Crippen LogP contribution < -0.4 is 5.32 Å². The van der Waals surface area contributed by atoms with Crippen molar-refractivity contribution < 1.29 is 0 Å². The summed E-state index contributed by atoms with van der Waals surface area (Å²) in [5.74, 6) is 0.899. The van der Waals surface area contributed by atoms with Gasteiger partial charge in [0.2, 0.25) is 5.95 Å². The molecule has 2 aromatic heterocycles. The van der Waals surface area contributed by atoms with Crippen molar-refractivity contribution in [3.63, 3.8) is 0 Å². The summed E-state index contributed by atoms with van der Waals surface area (Å²) in [5.41, 5.74) is 7.25. The summed E-state index contributed by atoms with van der Waals surface area (Å²) in [6.07, 6.45) is 0. The average molecular weight is 431 g/mol. The zero-order valence-electron chi connectivity index (χ0n) is 18.7. The number of aryl methyl sites for hydroxylation is 1. The summed E-state index contributed by atoms with van der Waals surface area (Å²) in [7, 11) is 0. The Balaban J connectivity index is 1.36. The first-order valence-corrected chi connectivity index (χ1v) is 11.5. The minimum absolute atomic E-state index is 0.722. The lowest BCUT2D eigenvalue weighted by atomic mass is 10.1. The molecular formula is C29H26N4. The molecule has 0 aliphatic carbocycles. The van der Waals surface area contributed by atoms with Crippen LogP contribution in [0.4, 0.5) is 5.95 Å². The zero-order chi connectivity index (χ0) is 22.2. The highest BCUT2D eigenvalue weighted by atomic mass is 15.2. The normalized spacial score (nSPS) is 11.5. The Morgan fingerprint density at radius 2 is 1.39 bits per heavy atom. The molecular weight excluding hydrogens is 404 g/mol. The SMILES string of the molecule is CCn1c2ccccc2c2cc(CNc3nc4ccccc4n3Cc3ccccc3)ccc21. The Kier molecular flexibility index (Phi) is 4.84. The van der Waals surface area contributed by atoms with Crippen LogP contribution in [0.15, 0.2) is 97.1 Å². The van der Waals surface area contributed by atoms with E-state index in [0.717, 1.165) is 36.6 Å². The molecule has 0 bridgehead atoms. The first-order valence-electron chi connectivity index (χ1n) is 11.5. The number of nitrogens with zero attached hydrogens (tertiary/aromatic N) is 3. The van der Waals surface area contributed by atoms with E-state index in [2.05, 4.69) is 112 Å². The van der Waals surface area contributed by atoms with E-state index in [1.807, 2.05) is 6.07 Å². The second-order valence-electron chi connectivity index (χ2n) is 8.46. The number of imidazole rings is 1. The molecule has 0 atom stereocenters. The van der Waals surface area contributed by atoms with Gasteiger partial charge in [0.1, 0.15) is 0 Å². The first kappa shape index (κ1) is 19.6. The van der Waals surface area contributed by atoms with Gasteiger partial charge in [-0.2, -0.15) is 0 Å². The molecule has 2 heterocycles. The Bertz CT molecular complexity index is 1570. The quantitative estimate of drug-likeness (QED) is 0.314. The number of benzene rings is 4. The van der Waals surface area contributed by atoms with Gasteiger partial charge in [-0.25, -0.2) is 4.98 Å². The molecule has 6 aromatic rings. The lowest BCUT2D eigenvalue weighted by Gasteiger charge is -2.11. The fourth-order valence-electron chi connectivity index (χ4n) is 4.87. The van der Waals surface area contributed by atoms with Crippen LogP contribution in [0.5, 0.6) is 0 Å². The molecule has 0 aliphatic rings. The van der Waals surface area contributed by atoms with Crippen LogP contribution >= 0.6 is 0 Å². The van der Waals surface area contributed by atoms with Crippen LogP contribution in [-0.2, 0) is 19.6 Å². The van der Waals surface area contributed by atoms with Gasteiger partial charge < -0.3 is 14.5 Å². The third-order valence-electron chi connectivity index (χ3n) is 6.44. The van der Waals surface area contributed by atoms with E-state index in [9.17, 15) is 0 Å². The highest BCUT2D eigenvalue weighted by Gasteiger charge is 2.12. The van der Waals surface area contributed by atoms with E-state index >= 15 is 0 Å². The van der Waals surface area contributed by atoms with Crippen LogP contribution in [0.3, 0.4) is 0 Å². The summed E-state index contributed by atoms with van der Waals surface area (Å²) in [6, 6.07) is 34.4. The fraction of sp³-hybridized carbons (Fsp3) is 0.138. The predicted molar refractivity (Wildman–Crippen MR) is 138 cm³/mol. The molecule has 0 spiro atoms. The van der Waals surface area contributed by atoms with Gasteiger partial charge in [-0.3, -0.25) is 0 Å². The standard InChI is InChI=1S/C29H26N4/c1-2-32-26-14-8-6-12-23(26)24-18-22(16-17-27(24)32)19-30-29-31-25-13-7-9-15-28(25)33(29)20-21-10-4-3-5-11-21/h3-18H,2,19-20H2,1H3,(H,30,31). The van der Waals surface area contributed by atoms with Crippen molar-refractivity contribution in [2.75, 3.05) is 5.32 Å².